The minimum atomic E-state index is -1.09. The zero-order valence-electron chi connectivity index (χ0n) is 8.58. The molecule has 0 saturated carbocycles. The van der Waals surface area contributed by atoms with E-state index in [0.29, 0.717) is 10.2 Å². The molecule has 2 rings (SSSR count). The Labute approximate surface area is 101 Å². The molecule has 0 radical (unpaired) electrons. The van der Waals surface area contributed by atoms with Crippen molar-refractivity contribution < 1.29 is 13.9 Å². The summed E-state index contributed by atoms with van der Waals surface area (Å²) in [5, 5.41) is 9.97. The lowest BCUT2D eigenvalue weighted by atomic mass is 10.0. The van der Waals surface area contributed by atoms with Gasteiger partial charge in [0.05, 0.1) is 6.26 Å². The summed E-state index contributed by atoms with van der Waals surface area (Å²) in [5.41, 5.74) is 0.986. The van der Waals surface area contributed by atoms with Crippen LogP contribution in [0.5, 0.6) is 0 Å². The van der Waals surface area contributed by atoms with Gasteiger partial charge in [0.15, 0.2) is 0 Å². The van der Waals surface area contributed by atoms with E-state index in [2.05, 4.69) is 15.9 Å². The van der Waals surface area contributed by atoms with Crippen LogP contribution in [0.1, 0.15) is 23.0 Å². The van der Waals surface area contributed by atoms with E-state index in [9.17, 15) is 9.50 Å². The molecule has 0 aliphatic heterocycles. The topological polar surface area (TPSA) is 33.4 Å². The van der Waals surface area contributed by atoms with E-state index in [1.165, 1.54) is 12.3 Å². The van der Waals surface area contributed by atoms with Crippen molar-refractivity contribution in [3.63, 3.8) is 0 Å². The first-order chi connectivity index (χ1) is 7.59. The van der Waals surface area contributed by atoms with E-state index in [4.69, 9.17) is 4.42 Å². The molecule has 0 amide bonds. The third kappa shape index (κ3) is 2.03. The standard InChI is InChI=1S/C12H10BrFO2/c1-7-5-8(13)11(9(14)6-7)12(15)10-3-2-4-16-10/h2-6,12,15H,1H3. The van der Waals surface area contributed by atoms with Gasteiger partial charge in [-0.2, -0.15) is 0 Å². The summed E-state index contributed by atoms with van der Waals surface area (Å²) in [4.78, 5) is 0. The maximum atomic E-state index is 13.7. The summed E-state index contributed by atoms with van der Waals surface area (Å²) in [5.74, 6) is -0.126. The van der Waals surface area contributed by atoms with E-state index >= 15 is 0 Å². The van der Waals surface area contributed by atoms with Gasteiger partial charge in [-0.1, -0.05) is 15.9 Å². The molecule has 2 aromatic rings. The second-order valence-corrected chi connectivity index (χ2v) is 4.41. The maximum absolute atomic E-state index is 13.7. The Morgan fingerprint density at radius 1 is 1.44 bits per heavy atom. The molecule has 0 aliphatic rings. The number of aryl methyl sites for hydroxylation is 1. The number of hydrogen-bond donors (Lipinski definition) is 1. The lowest BCUT2D eigenvalue weighted by molar-refractivity contribution is 0.184. The highest BCUT2D eigenvalue weighted by atomic mass is 79.9. The second-order valence-electron chi connectivity index (χ2n) is 3.56. The number of hydrogen-bond acceptors (Lipinski definition) is 2. The first kappa shape index (κ1) is 11.4. The smallest absolute Gasteiger partial charge is 0.141 e. The van der Waals surface area contributed by atoms with E-state index in [1.807, 2.05) is 0 Å². The van der Waals surface area contributed by atoms with E-state index in [1.54, 1.807) is 25.1 Å². The van der Waals surface area contributed by atoms with Crippen LogP contribution < -0.4 is 0 Å². The van der Waals surface area contributed by atoms with E-state index in [0.717, 1.165) is 5.56 Å². The lowest BCUT2D eigenvalue weighted by Gasteiger charge is -2.12. The third-order valence-electron chi connectivity index (χ3n) is 2.31. The Balaban J connectivity index is 2.48. The molecular weight excluding hydrogens is 275 g/mol. The fourth-order valence-corrected chi connectivity index (χ4v) is 2.33. The molecule has 0 bridgehead atoms. The van der Waals surface area contributed by atoms with Gasteiger partial charge in [0.1, 0.15) is 17.7 Å². The Kier molecular flexibility index (Phi) is 3.12. The van der Waals surface area contributed by atoms with Crippen LogP contribution in [0, 0.1) is 12.7 Å². The van der Waals surface area contributed by atoms with Crippen LogP contribution in [0.3, 0.4) is 0 Å². The van der Waals surface area contributed by atoms with Crippen molar-refractivity contribution in [2.24, 2.45) is 0 Å². The van der Waals surface area contributed by atoms with Gasteiger partial charge in [-0.3, -0.25) is 0 Å². The van der Waals surface area contributed by atoms with Crippen molar-refractivity contribution in [2.45, 2.75) is 13.0 Å². The van der Waals surface area contributed by atoms with Gasteiger partial charge in [0.2, 0.25) is 0 Å². The molecule has 1 N–H and O–H groups in total. The molecule has 0 aliphatic carbocycles. The summed E-state index contributed by atoms with van der Waals surface area (Å²) < 4.78 is 19.3. The van der Waals surface area contributed by atoms with Gasteiger partial charge in [-0.05, 0) is 36.8 Å². The number of benzene rings is 1. The summed E-state index contributed by atoms with van der Waals surface area (Å²) in [7, 11) is 0. The fraction of sp³-hybridized carbons (Fsp3) is 0.167. The first-order valence-electron chi connectivity index (χ1n) is 4.76. The molecule has 2 nitrogen and oxygen atoms in total. The van der Waals surface area contributed by atoms with E-state index in [-0.39, 0.29) is 5.56 Å². The Morgan fingerprint density at radius 2 is 2.19 bits per heavy atom. The van der Waals surface area contributed by atoms with Crippen LogP contribution >= 0.6 is 15.9 Å². The molecule has 0 spiro atoms. The predicted molar refractivity (Wildman–Crippen MR) is 61.6 cm³/mol. The van der Waals surface area contributed by atoms with Crippen LogP contribution in [0.2, 0.25) is 0 Å². The highest BCUT2D eigenvalue weighted by Crippen LogP contribution is 2.31. The Hall–Kier alpha value is -1.13. The van der Waals surface area contributed by atoms with Crippen LogP contribution in [0.15, 0.2) is 39.4 Å². The average Bonchev–Trinajstić information content (AvgIpc) is 2.67. The highest BCUT2D eigenvalue weighted by molar-refractivity contribution is 9.10. The number of furan rings is 1. The zero-order chi connectivity index (χ0) is 11.7. The largest absolute Gasteiger partial charge is 0.466 e. The first-order valence-corrected chi connectivity index (χ1v) is 5.56. The van der Waals surface area contributed by atoms with Gasteiger partial charge < -0.3 is 9.52 Å². The molecule has 1 aromatic heterocycles. The zero-order valence-corrected chi connectivity index (χ0v) is 10.2. The summed E-state index contributed by atoms with van der Waals surface area (Å²) >= 11 is 3.24. The number of aliphatic hydroxyl groups excluding tert-OH is 1. The quantitative estimate of drug-likeness (QED) is 0.915. The van der Waals surface area contributed by atoms with Crippen molar-refractivity contribution >= 4 is 15.9 Å². The fourth-order valence-electron chi connectivity index (χ4n) is 1.56. The maximum Gasteiger partial charge on any atom is 0.141 e. The second kappa shape index (κ2) is 4.39. The van der Waals surface area contributed by atoms with Crippen molar-refractivity contribution in [3.8, 4) is 0 Å². The minimum Gasteiger partial charge on any atom is -0.466 e. The van der Waals surface area contributed by atoms with Gasteiger partial charge in [0.25, 0.3) is 0 Å². The normalized spacial score (nSPS) is 12.8. The molecular formula is C12H10BrFO2. The molecule has 1 unspecified atom stereocenters. The summed E-state index contributed by atoms with van der Waals surface area (Å²) in [6.07, 6.45) is 0.350. The molecule has 1 heterocycles. The molecule has 4 heteroatoms. The average molecular weight is 285 g/mol. The van der Waals surface area contributed by atoms with Gasteiger partial charge in [-0.25, -0.2) is 4.39 Å². The van der Waals surface area contributed by atoms with Crippen molar-refractivity contribution in [3.05, 3.63) is 57.7 Å². The lowest BCUT2D eigenvalue weighted by Crippen LogP contribution is -2.03. The van der Waals surface area contributed by atoms with Crippen molar-refractivity contribution in [1.82, 2.24) is 0 Å². The molecule has 84 valence electrons. The van der Waals surface area contributed by atoms with Crippen LogP contribution in [-0.4, -0.2) is 5.11 Å². The van der Waals surface area contributed by atoms with Crippen LogP contribution in [0.4, 0.5) is 4.39 Å². The molecule has 16 heavy (non-hydrogen) atoms. The predicted octanol–water partition coefficient (Wildman–Crippen LogP) is 3.57. The SMILES string of the molecule is Cc1cc(F)c(C(O)c2ccco2)c(Br)c1. The highest BCUT2D eigenvalue weighted by Gasteiger charge is 2.20. The minimum absolute atomic E-state index is 0.195. The number of aliphatic hydroxyl groups is 1. The van der Waals surface area contributed by atoms with Crippen molar-refractivity contribution in [2.75, 3.05) is 0 Å². The molecule has 0 saturated heterocycles. The van der Waals surface area contributed by atoms with Gasteiger partial charge in [0, 0.05) is 10.0 Å². The molecule has 1 aromatic carbocycles. The van der Waals surface area contributed by atoms with Gasteiger partial charge >= 0.3 is 0 Å². The van der Waals surface area contributed by atoms with Crippen LogP contribution in [0.25, 0.3) is 0 Å². The van der Waals surface area contributed by atoms with Crippen molar-refractivity contribution in [1.29, 1.82) is 0 Å². The number of rotatable bonds is 2. The van der Waals surface area contributed by atoms with E-state index < -0.39 is 11.9 Å². The Bertz CT molecular complexity index is 471. The van der Waals surface area contributed by atoms with Crippen LogP contribution in [-0.2, 0) is 0 Å². The third-order valence-corrected chi connectivity index (χ3v) is 2.97. The molecule has 1 atom stereocenters. The number of halogens is 2. The summed E-state index contributed by atoms with van der Waals surface area (Å²) in [6.45, 7) is 1.79. The van der Waals surface area contributed by atoms with Gasteiger partial charge in [-0.15, -0.1) is 0 Å². The summed E-state index contributed by atoms with van der Waals surface area (Å²) in [6, 6.07) is 6.39. The monoisotopic (exact) mass is 284 g/mol. The Morgan fingerprint density at radius 3 is 2.75 bits per heavy atom. The molecule has 0 fully saturated rings.